The van der Waals surface area contributed by atoms with Crippen molar-refractivity contribution in [2.45, 2.75) is 36.4 Å². The highest BCUT2D eigenvalue weighted by Crippen LogP contribution is 2.45. The van der Waals surface area contributed by atoms with Gasteiger partial charge in [-0.25, -0.2) is 8.42 Å². The molecule has 1 aromatic heterocycles. The van der Waals surface area contributed by atoms with Crippen LogP contribution in [0.1, 0.15) is 40.0 Å². The molecule has 1 amide bonds. The highest BCUT2D eigenvalue weighted by Gasteiger charge is 2.45. The van der Waals surface area contributed by atoms with Crippen LogP contribution in [0.25, 0.3) is 0 Å². The lowest BCUT2D eigenvalue weighted by molar-refractivity contribution is 0.0930. The van der Waals surface area contributed by atoms with Crippen LogP contribution in [0.5, 0.6) is 0 Å². The van der Waals surface area contributed by atoms with Crippen molar-refractivity contribution in [2.24, 2.45) is 0 Å². The standard InChI is InChI=1S/C29H26ClN3O3S/c30-25-13-15-27(16-14-25)37(35,36)33(21-26-8-4-5-19-31-26)20-22-9-11-23(12-10-22)28(34)32-29(17-18-29)24-6-2-1-3-7-24/h1-16,19H,17-18,20-21H2,(H,32,34). The van der Waals surface area contributed by atoms with Crippen molar-refractivity contribution >= 4 is 27.5 Å². The van der Waals surface area contributed by atoms with Crippen LogP contribution in [0, 0.1) is 0 Å². The van der Waals surface area contributed by atoms with Gasteiger partial charge in [0.2, 0.25) is 10.0 Å². The molecule has 188 valence electrons. The second kappa shape index (κ2) is 10.5. The first-order valence-electron chi connectivity index (χ1n) is 12.0. The highest BCUT2D eigenvalue weighted by atomic mass is 35.5. The summed E-state index contributed by atoms with van der Waals surface area (Å²) >= 11 is 5.97. The number of sulfonamides is 1. The average Bonchev–Trinajstić information content (AvgIpc) is 3.70. The number of aromatic nitrogens is 1. The molecule has 1 fully saturated rings. The Morgan fingerprint density at radius 3 is 2.16 bits per heavy atom. The molecule has 0 unspecified atom stereocenters. The summed E-state index contributed by atoms with van der Waals surface area (Å²) < 4.78 is 28.4. The minimum atomic E-state index is -3.83. The molecule has 0 saturated heterocycles. The Labute approximate surface area is 222 Å². The Bertz CT molecular complexity index is 1470. The first-order valence-corrected chi connectivity index (χ1v) is 13.8. The summed E-state index contributed by atoms with van der Waals surface area (Å²) in [6.45, 7) is 0.227. The topological polar surface area (TPSA) is 79.4 Å². The van der Waals surface area contributed by atoms with E-state index in [0.29, 0.717) is 16.3 Å². The Morgan fingerprint density at radius 1 is 0.865 bits per heavy atom. The minimum Gasteiger partial charge on any atom is -0.343 e. The van der Waals surface area contributed by atoms with Crippen molar-refractivity contribution in [2.75, 3.05) is 0 Å². The maximum absolute atomic E-state index is 13.5. The van der Waals surface area contributed by atoms with Crippen LogP contribution in [-0.4, -0.2) is 23.6 Å². The van der Waals surface area contributed by atoms with E-state index in [2.05, 4.69) is 10.3 Å². The monoisotopic (exact) mass is 531 g/mol. The molecule has 0 radical (unpaired) electrons. The van der Waals surface area contributed by atoms with E-state index < -0.39 is 10.0 Å². The van der Waals surface area contributed by atoms with Gasteiger partial charge in [-0.05, 0) is 72.5 Å². The SMILES string of the molecule is O=C(NC1(c2ccccc2)CC1)c1ccc(CN(Cc2ccccn2)S(=O)(=O)c2ccc(Cl)cc2)cc1. The molecule has 5 rings (SSSR count). The van der Waals surface area contributed by atoms with Gasteiger partial charge in [-0.15, -0.1) is 0 Å². The van der Waals surface area contributed by atoms with Crippen molar-refractivity contribution in [1.29, 1.82) is 0 Å². The van der Waals surface area contributed by atoms with Crippen molar-refractivity contribution in [3.63, 3.8) is 0 Å². The zero-order valence-corrected chi connectivity index (χ0v) is 21.6. The summed E-state index contributed by atoms with van der Waals surface area (Å²) in [5.74, 6) is -0.146. The predicted molar refractivity (Wildman–Crippen MR) is 143 cm³/mol. The maximum Gasteiger partial charge on any atom is 0.251 e. The molecule has 1 saturated carbocycles. The average molecular weight is 532 g/mol. The molecule has 1 aliphatic rings. The third kappa shape index (κ3) is 5.74. The van der Waals surface area contributed by atoms with Gasteiger partial charge in [0, 0.05) is 23.3 Å². The van der Waals surface area contributed by atoms with Gasteiger partial charge < -0.3 is 5.32 Å². The second-order valence-corrected chi connectivity index (χ2v) is 11.5. The third-order valence-electron chi connectivity index (χ3n) is 6.52. The van der Waals surface area contributed by atoms with E-state index in [-0.39, 0.29) is 29.4 Å². The minimum absolute atomic E-state index is 0.105. The summed E-state index contributed by atoms with van der Waals surface area (Å²) in [5.41, 5.74) is 2.73. The van der Waals surface area contributed by atoms with Gasteiger partial charge in [0.1, 0.15) is 0 Å². The van der Waals surface area contributed by atoms with Crippen molar-refractivity contribution < 1.29 is 13.2 Å². The number of carbonyl (C=O) groups excluding carboxylic acids is 1. The zero-order chi connectivity index (χ0) is 25.9. The van der Waals surface area contributed by atoms with E-state index in [4.69, 9.17) is 11.6 Å². The second-order valence-electron chi connectivity index (χ2n) is 9.15. The quantitative estimate of drug-likeness (QED) is 0.307. The number of hydrogen-bond acceptors (Lipinski definition) is 4. The molecular weight excluding hydrogens is 506 g/mol. The Kier molecular flexibility index (Phi) is 7.11. The number of rotatable bonds is 9. The Morgan fingerprint density at radius 2 is 1.54 bits per heavy atom. The van der Waals surface area contributed by atoms with E-state index >= 15 is 0 Å². The molecule has 6 nitrogen and oxygen atoms in total. The number of nitrogens with one attached hydrogen (secondary N) is 1. The van der Waals surface area contributed by atoms with Crippen molar-refractivity contribution in [3.05, 3.63) is 131 Å². The van der Waals surface area contributed by atoms with E-state index in [0.717, 1.165) is 24.0 Å². The third-order valence-corrected chi connectivity index (χ3v) is 8.58. The van der Waals surface area contributed by atoms with Crippen molar-refractivity contribution in [3.8, 4) is 0 Å². The number of hydrogen-bond donors (Lipinski definition) is 1. The van der Waals surface area contributed by atoms with Gasteiger partial charge >= 0.3 is 0 Å². The molecule has 0 spiro atoms. The fraction of sp³-hybridized carbons (Fsp3) is 0.172. The Hall–Kier alpha value is -3.52. The largest absolute Gasteiger partial charge is 0.343 e. The number of pyridine rings is 1. The predicted octanol–water partition coefficient (Wildman–Crippen LogP) is 5.55. The summed E-state index contributed by atoms with van der Waals surface area (Å²) in [6.07, 6.45) is 3.45. The first-order chi connectivity index (χ1) is 17.9. The number of amides is 1. The molecule has 0 bridgehead atoms. The van der Waals surface area contributed by atoms with E-state index in [1.54, 1.807) is 54.7 Å². The molecule has 1 N–H and O–H groups in total. The number of benzene rings is 3. The van der Waals surface area contributed by atoms with E-state index in [1.807, 2.05) is 36.4 Å². The van der Waals surface area contributed by atoms with Gasteiger partial charge in [0.25, 0.3) is 5.91 Å². The highest BCUT2D eigenvalue weighted by molar-refractivity contribution is 7.89. The van der Waals surface area contributed by atoms with Crippen molar-refractivity contribution in [1.82, 2.24) is 14.6 Å². The zero-order valence-electron chi connectivity index (χ0n) is 20.0. The van der Waals surface area contributed by atoms with Crippen LogP contribution >= 0.6 is 11.6 Å². The van der Waals surface area contributed by atoms with Gasteiger partial charge in [0.05, 0.1) is 22.7 Å². The van der Waals surface area contributed by atoms with Crippen LogP contribution in [0.2, 0.25) is 5.02 Å². The summed E-state index contributed by atoms with van der Waals surface area (Å²) in [4.78, 5) is 17.4. The van der Waals surface area contributed by atoms with Crippen LogP contribution < -0.4 is 5.32 Å². The molecule has 4 aromatic rings. The lowest BCUT2D eigenvalue weighted by atomic mass is 10.0. The summed E-state index contributed by atoms with van der Waals surface area (Å²) in [6, 6.07) is 28.6. The van der Waals surface area contributed by atoms with Crippen LogP contribution in [0.15, 0.2) is 108 Å². The van der Waals surface area contributed by atoms with Crippen LogP contribution in [-0.2, 0) is 28.7 Å². The summed E-state index contributed by atoms with van der Waals surface area (Å²) in [5, 5.41) is 3.64. The molecule has 0 aliphatic heterocycles. The van der Waals surface area contributed by atoms with Gasteiger partial charge in [-0.2, -0.15) is 4.31 Å². The van der Waals surface area contributed by atoms with Crippen LogP contribution in [0.3, 0.4) is 0 Å². The first kappa shape index (κ1) is 25.1. The molecule has 1 aliphatic carbocycles. The molecular formula is C29H26ClN3O3S. The molecule has 0 atom stereocenters. The van der Waals surface area contributed by atoms with Gasteiger partial charge in [0.15, 0.2) is 0 Å². The normalized spacial score (nSPS) is 14.3. The molecule has 1 heterocycles. The fourth-order valence-electron chi connectivity index (χ4n) is 4.28. The van der Waals surface area contributed by atoms with E-state index in [1.165, 1.54) is 16.4 Å². The lowest BCUT2D eigenvalue weighted by Crippen LogP contribution is -2.34. The molecule has 3 aromatic carbocycles. The fourth-order valence-corrected chi connectivity index (χ4v) is 5.80. The number of halogens is 1. The Balaban J connectivity index is 1.34. The number of nitrogens with zero attached hydrogens (tertiary/aromatic N) is 2. The maximum atomic E-state index is 13.5. The molecule has 37 heavy (non-hydrogen) atoms. The smallest absolute Gasteiger partial charge is 0.251 e. The number of carbonyl (C=O) groups is 1. The molecule has 8 heteroatoms. The lowest BCUT2D eigenvalue weighted by Gasteiger charge is -2.22. The summed E-state index contributed by atoms with van der Waals surface area (Å²) in [7, 11) is -3.83. The van der Waals surface area contributed by atoms with Gasteiger partial charge in [-0.3, -0.25) is 9.78 Å². The van der Waals surface area contributed by atoms with Crippen LogP contribution in [0.4, 0.5) is 0 Å². The van der Waals surface area contributed by atoms with Gasteiger partial charge in [-0.1, -0.05) is 60.1 Å². The van der Waals surface area contributed by atoms with E-state index in [9.17, 15) is 13.2 Å².